The van der Waals surface area contributed by atoms with Crippen molar-refractivity contribution < 1.29 is 9.90 Å². The third-order valence-electron chi connectivity index (χ3n) is 5.98. The number of aliphatic hydroxyl groups excluding tert-OH is 1. The highest BCUT2D eigenvalue weighted by molar-refractivity contribution is 5.92. The number of nitrogens with one attached hydrogen (secondary N) is 2. The Hall–Kier alpha value is -3.30. The summed E-state index contributed by atoms with van der Waals surface area (Å²) in [6.07, 6.45) is 4.20. The number of hydrogen-bond acceptors (Lipinski definition) is 7. The fourth-order valence-electron chi connectivity index (χ4n) is 4.09. The van der Waals surface area contributed by atoms with Gasteiger partial charge in [0.15, 0.2) is 0 Å². The number of carbonyl (C=O) groups is 1. The number of nitrogens with zero attached hydrogens (tertiary/aromatic N) is 4. The van der Waals surface area contributed by atoms with E-state index in [0.29, 0.717) is 25.2 Å². The van der Waals surface area contributed by atoms with Crippen LogP contribution in [0.25, 0.3) is 11.0 Å². The van der Waals surface area contributed by atoms with Crippen molar-refractivity contribution in [1.29, 1.82) is 0 Å². The maximum absolute atomic E-state index is 12.2. The van der Waals surface area contributed by atoms with E-state index in [9.17, 15) is 14.7 Å². The van der Waals surface area contributed by atoms with E-state index in [1.165, 1.54) is 0 Å². The van der Waals surface area contributed by atoms with Crippen LogP contribution in [0, 0.1) is 0 Å². The van der Waals surface area contributed by atoms with Crippen molar-refractivity contribution in [3.63, 3.8) is 0 Å². The average Bonchev–Trinajstić information content (AvgIpc) is 2.83. The van der Waals surface area contributed by atoms with Crippen LogP contribution in [0.5, 0.6) is 0 Å². The Morgan fingerprint density at radius 2 is 2.09 bits per heavy atom. The zero-order valence-corrected chi connectivity index (χ0v) is 18.3. The maximum atomic E-state index is 12.2. The van der Waals surface area contributed by atoms with Gasteiger partial charge in [-0.25, -0.2) is 4.98 Å². The number of fused-ring (bicyclic) bond motifs is 1. The van der Waals surface area contributed by atoms with E-state index in [-0.39, 0.29) is 24.1 Å². The second kappa shape index (κ2) is 9.46. The standard InChI is InChI=1S/C23H28N6O3/c1-3-16-9-20-21(27-22(16)31)8-15(10-25-20)12-28-6-7-29(13-18(28)14-30)17-4-5-19(26-11-17)23(32)24-2/h4-5,8-11,18,30H,3,6-7,12-14H2,1-2H3,(H,24,32)(H,27,31). The fraction of sp³-hybridized carbons (Fsp3) is 0.391. The minimum Gasteiger partial charge on any atom is -0.395 e. The molecule has 168 valence electrons. The number of H-pyrrole nitrogens is 1. The summed E-state index contributed by atoms with van der Waals surface area (Å²) in [5.41, 5.74) is 4.45. The van der Waals surface area contributed by atoms with Gasteiger partial charge in [0.1, 0.15) is 5.69 Å². The molecule has 1 aliphatic rings. The van der Waals surface area contributed by atoms with E-state index < -0.39 is 0 Å². The molecule has 1 fully saturated rings. The molecule has 9 heteroatoms. The summed E-state index contributed by atoms with van der Waals surface area (Å²) in [6, 6.07) is 7.34. The van der Waals surface area contributed by atoms with Crippen molar-refractivity contribution in [3.05, 3.63) is 63.8 Å². The fourth-order valence-corrected chi connectivity index (χ4v) is 4.09. The van der Waals surface area contributed by atoms with Gasteiger partial charge in [0.2, 0.25) is 0 Å². The monoisotopic (exact) mass is 436 g/mol. The van der Waals surface area contributed by atoms with Gasteiger partial charge in [0.25, 0.3) is 11.5 Å². The minimum atomic E-state index is -0.217. The number of hydrogen-bond donors (Lipinski definition) is 3. The highest BCUT2D eigenvalue weighted by Gasteiger charge is 2.27. The van der Waals surface area contributed by atoms with Crippen molar-refractivity contribution in [2.24, 2.45) is 0 Å². The number of aromatic nitrogens is 3. The van der Waals surface area contributed by atoms with Crippen molar-refractivity contribution >= 4 is 22.6 Å². The van der Waals surface area contributed by atoms with Crippen molar-refractivity contribution in [2.45, 2.75) is 25.9 Å². The quantitative estimate of drug-likeness (QED) is 0.526. The van der Waals surface area contributed by atoms with E-state index in [0.717, 1.165) is 40.9 Å². The number of aliphatic hydroxyl groups is 1. The van der Waals surface area contributed by atoms with E-state index >= 15 is 0 Å². The van der Waals surface area contributed by atoms with Crippen LogP contribution >= 0.6 is 0 Å². The van der Waals surface area contributed by atoms with Gasteiger partial charge in [0, 0.05) is 45.0 Å². The van der Waals surface area contributed by atoms with Gasteiger partial charge in [-0.2, -0.15) is 0 Å². The molecule has 1 unspecified atom stereocenters. The average molecular weight is 437 g/mol. The summed E-state index contributed by atoms with van der Waals surface area (Å²) in [4.78, 5) is 39.9. The van der Waals surface area contributed by atoms with Crippen LogP contribution in [0.4, 0.5) is 5.69 Å². The largest absolute Gasteiger partial charge is 0.395 e. The van der Waals surface area contributed by atoms with Crippen LogP contribution in [-0.2, 0) is 13.0 Å². The van der Waals surface area contributed by atoms with Crippen LogP contribution in [0.15, 0.2) is 41.5 Å². The molecule has 1 atom stereocenters. The lowest BCUT2D eigenvalue weighted by Crippen LogP contribution is -2.54. The smallest absolute Gasteiger partial charge is 0.269 e. The first kappa shape index (κ1) is 21.9. The number of amides is 1. The summed E-state index contributed by atoms with van der Waals surface area (Å²) in [7, 11) is 1.58. The molecule has 3 aromatic rings. The second-order valence-electron chi connectivity index (χ2n) is 7.99. The summed E-state index contributed by atoms with van der Waals surface area (Å²) in [5.74, 6) is -0.217. The minimum absolute atomic E-state index is 0.0257. The Labute approximate surface area is 186 Å². The van der Waals surface area contributed by atoms with Gasteiger partial charge in [-0.05, 0) is 36.2 Å². The number of aromatic amines is 1. The zero-order chi connectivity index (χ0) is 22.7. The molecule has 1 amide bonds. The number of pyridine rings is 3. The van der Waals surface area contributed by atoms with Gasteiger partial charge in [-0.15, -0.1) is 0 Å². The molecule has 32 heavy (non-hydrogen) atoms. The summed E-state index contributed by atoms with van der Waals surface area (Å²) in [6.45, 7) is 4.79. The second-order valence-corrected chi connectivity index (χ2v) is 7.99. The molecule has 0 bridgehead atoms. The Bertz CT molecular complexity index is 1160. The highest BCUT2D eigenvalue weighted by atomic mass is 16.3. The molecule has 4 rings (SSSR count). The molecule has 0 spiro atoms. The van der Waals surface area contributed by atoms with Crippen molar-refractivity contribution in [1.82, 2.24) is 25.2 Å². The van der Waals surface area contributed by atoms with E-state index in [1.54, 1.807) is 19.3 Å². The molecule has 0 aromatic carbocycles. The summed E-state index contributed by atoms with van der Waals surface area (Å²) in [5, 5.41) is 12.6. The zero-order valence-electron chi connectivity index (χ0n) is 18.3. The Morgan fingerprint density at radius 1 is 1.25 bits per heavy atom. The first-order chi connectivity index (χ1) is 15.5. The first-order valence-electron chi connectivity index (χ1n) is 10.8. The van der Waals surface area contributed by atoms with E-state index in [1.807, 2.05) is 31.3 Å². The molecule has 0 radical (unpaired) electrons. The maximum Gasteiger partial charge on any atom is 0.269 e. The Morgan fingerprint density at radius 3 is 2.78 bits per heavy atom. The predicted octanol–water partition coefficient (Wildman–Crippen LogP) is 0.923. The van der Waals surface area contributed by atoms with Crippen LogP contribution in [0.2, 0.25) is 0 Å². The number of anilines is 1. The van der Waals surface area contributed by atoms with Crippen LogP contribution < -0.4 is 15.8 Å². The third-order valence-corrected chi connectivity index (χ3v) is 5.98. The topological polar surface area (TPSA) is 114 Å². The number of rotatable bonds is 6. The van der Waals surface area contributed by atoms with Gasteiger partial charge < -0.3 is 20.3 Å². The first-order valence-corrected chi connectivity index (χ1v) is 10.8. The molecule has 0 saturated carbocycles. The van der Waals surface area contributed by atoms with E-state index in [2.05, 4.69) is 30.1 Å². The van der Waals surface area contributed by atoms with Gasteiger partial charge in [0.05, 0.1) is 35.6 Å². The molecule has 9 nitrogen and oxygen atoms in total. The molecule has 1 saturated heterocycles. The molecular formula is C23H28N6O3. The Kier molecular flexibility index (Phi) is 6.48. The number of carbonyl (C=O) groups excluding carboxylic acids is 1. The molecule has 4 heterocycles. The molecule has 1 aliphatic heterocycles. The lowest BCUT2D eigenvalue weighted by molar-refractivity contribution is 0.0958. The van der Waals surface area contributed by atoms with Gasteiger partial charge in [-0.3, -0.25) is 19.5 Å². The van der Waals surface area contributed by atoms with E-state index in [4.69, 9.17) is 0 Å². The third kappa shape index (κ3) is 4.49. The van der Waals surface area contributed by atoms with Crippen LogP contribution in [0.1, 0.15) is 28.5 Å². The lowest BCUT2D eigenvalue weighted by atomic mass is 10.1. The predicted molar refractivity (Wildman–Crippen MR) is 123 cm³/mol. The van der Waals surface area contributed by atoms with Crippen molar-refractivity contribution in [2.75, 3.05) is 38.2 Å². The van der Waals surface area contributed by atoms with Crippen molar-refractivity contribution in [3.8, 4) is 0 Å². The number of aryl methyl sites for hydroxylation is 1. The highest BCUT2D eigenvalue weighted by Crippen LogP contribution is 2.21. The summed E-state index contributed by atoms with van der Waals surface area (Å²) >= 11 is 0. The molecule has 3 aromatic heterocycles. The lowest BCUT2D eigenvalue weighted by Gasteiger charge is -2.41. The molecular weight excluding hydrogens is 408 g/mol. The molecule has 3 N–H and O–H groups in total. The van der Waals surface area contributed by atoms with Crippen LogP contribution in [0.3, 0.4) is 0 Å². The van der Waals surface area contributed by atoms with Gasteiger partial charge >= 0.3 is 0 Å². The Balaban J connectivity index is 1.46. The molecule has 0 aliphatic carbocycles. The summed E-state index contributed by atoms with van der Waals surface area (Å²) < 4.78 is 0. The normalized spacial score (nSPS) is 17.0. The van der Waals surface area contributed by atoms with Crippen LogP contribution in [-0.4, -0.2) is 70.2 Å². The SMILES string of the molecule is CCc1cc2ncc(CN3CCN(c4ccc(C(=O)NC)nc4)CC3CO)cc2[nH]c1=O. The number of piperazine rings is 1. The van der Waals surface area contributed by atoms with Gasteiger partial charge in [-0.1, -0.05) is 6.92 Å².